The highest BCUT2D eigenvalue weighted by atomic mass is 35.5. The first-order chi connectivity index (χ1) is 10.7. The van der Waals surface area contributed by atoms with Crippen LogP contribution in [0.2, 0.25) is 5.02 Å². The third-order valence-corrected chi connectivity index (χ3v) is 3.84. The summed E-state index contributed by atoms with van der Waals surface area (Å²) in [4.78, 5) is 5.43. The standard InChI is InChI=1S/C17H16ClFN2O/c18-16-7-2-1-6-15(16)17-9-14(22-21-17)11-20-10-12-4-3-5-13(19)8-12/h1-8,14,20H,9-11H2. The van der Waals surface area contributed by atoms with E-state index in [0.29, 0.717) is 24.5 Å². The Morgan fingerprint density at radius 3 is 2.91 bits per heavy atom. The zero-order valence-corrected chi connectivity index (χ0v) is 12.7. The zero-order chi connectivity index (χ0) is 15.4. The lowest BCUT2D eigenvalue weighted by atomic mass is 10.0. The van der Waals surface area contributed by atoms with Crippen LogP contribution in [0.4, 0.5) is 4.39 Å². The zero-order valence-electron chi connectivity index (χ0n) is 11.9. The average Bonchev–Trinajstić information content (AvgIpc) is 2.96. The number of benzene rings is 2. The number of hydrogen-bond donors (Lipinski definition) is 1. The van der Waals surface area contributed by atoms with Gasteiger partial charge in [0.1, 0.15) is 11.9 Å². The van der Waals surface area contributed by atoms with Gasteiger partial charge in [-0.2, -0.15) is 0 Å². The second kappa shape index (κ2) is 6.90. The number of nitrogens with one attached hydrogen (secondary N) is 1. The monoisotopic (exact) mass is 318 g/mol. The molecule has 0 radical (unpaired) electrons. The van der Waals surface area contributed by atoms with Crippen molar-refractivity contribution in [1.29, 1.82) is 0 Å². The molecule has 0 fully saturated rings. The van der Waals surface area contributed by atoms with Crippen molar-refractivity contribution in [1.82, 2.24) is 5.32 Å². The Hall–Kier alpha value is -1.91. The van der Waals surface area contributed by atoms with Crippen molar-refractivity contribution in [3.63, 3.8) is 0 Å². The van der Waals surface area contributed by atoms with E-state index in [1.165, 1.54) is 12.1 Å². The van der Waals surface area contributed by atoms with Gasteiger partial charge in [0.2, 0.25) is 0 Å². The van der Waals surface area contributed by atoms with Gasteiger partial charge in [-0.25, -0.2) is 4.39 Å². The van der Waals surface area contributed by atoms with E-state index in [1.807, 2.05) is 30.3 Å². The maximum atomic E-state index is 13.1. The van der Waals surface area contributed by atoms with Crippen LogP contribution < -0.4 is 5.32 Å². The van der Waals surface area contributed by atoms with Gasteiger partial charge >= 0.3 is 0 Å². The first-order valence-electron chi connectivity index (χ1n) is 7.15. The van der Waals surface area contributed by atoms with Gasteiger partial charge in [-0.05, 0) is 23.8 Å². The largest absolute Gasteiger partial charge is 0.390 e. The van der Waals surface area contributed by atoms with Crippen molar-refractivity contribution in [3.8, 4) is 0 Å². The second-order valence-electron chi connectivity index (χ2n) is 5.21. The van der Waals surface area contributed by atoms with E-state index < -0.39 is 0 Å². The summed E-state index contributed by atoms with van der Waals surface area (Å²) in [5.74, 6) is -0.222. The molecule has 1 atom stereocenters. The SMILES string of the molecule is Fc1cccc(CNCC2CC(c3ccccc3Cl)=NO2)c1. The molecule has 1 aliphatic heterocycles. The highest BCUT2D eigenvalue weighted by molar-refractivity contribution is 6.34. The lowest BCUT2D eigenvalue weighted by Gasteiger charge is -2.10. The first-order valence-corrected chi connectivity index (χ1v) is 7.53. The van der Waals surface area contributed by atoms with Crippen LogP contribution in [0.1, 0.15) is 17.5 Å². The summed E-state index contributed by atoms with van der Waals surface area (Å²) < 4.78 is 13.1. The van der Waals surface area contributed by atoms with Gasteiger partial charge in [0.25, 0.3) is 0 Å². The predicted molar refractivity (Wildman–Crippen MR) is 85.6 cm³/mol. The van der Waals surface area contributed by atoms with E-state index in [-0.39, 0.29) is 11.9 Å². The molecule has 0 saturated heterocycles. The summed E-state index contributed by atoms with van der Waals surface area (Å²) in [6.45, 7) is 1.24. The first kappa shape index (κ1) is 15.0. The summed E-state index contributed by atoms with van der Waals surface area (Å²) in [7, 11) is 0. The molecule has 1 heterocycles. The minimum absolute atomic E-state index is 0.0279. The molecule has 0 aliphatic carbocycles. The van der Waals surface area contributed by atoms with Crippen LogP contribution in [0, 0.1) is 5.82 Å². The fourth-order valence-electron chi connectivity index (χ4n) is 2.42. The van der Waals surface area contributed by atoms with Crippen LogP contribution in [-0.4, -0.2) is 18.4 Å². The van der Waals surface area contributed by atoms with E-state index in [9.17, 15) is 4.39 Å². The molecule has 0 spiro atoms. The van der Waals surface area contributed by atoms with Crippen LogP contribution in [0.15, 0.2) is 53.7 Å². The van der Waals surface area contributed by atoms with Crippen molar-refractivity contribution < 1.29 is 9.23 Å². The van der Waals surface area contributed by atoms with Gasteiger partial charge in [-0.1, -0.05) is 47.1 Å². The predicted octanol–water partition coefficient (Wildman–Crippen LogP) is 3.76. The van der Waals surface area contributed by atoms with Crippen molar-refractivity contribution in [3.05, 3.63) is 70.5 Å². The molecule has 2 aromatic rings. The number of oxime groups is 1. The van der Waals surface area contributed by atoms with Crippen molar-refractivity contribution in [2.45, 2.75) is 19.1 Å². The quantitative estimate of drug-likeness (QED) is 0.910. The van der Waals surface area contributed by atoms with Gasteiger partial charge in [0.05, 0.1) is 5.71 Å². The molecule has 0 amide bonds. The van der Waals surface area contributed by atoms with Gasteiger partial charge in [-0.15, -0.1) is 0 Å². The lowest BCUT2D eigenvalue weighted by molar-refractivity contribution is 0.0848. The molecule has 1 aliphatic rings. The van der Waals surface area contributed by atoms with Gasteiger partial charge in [0, 0.05) is 30.1 Å². The van der Waals surface area contributed by atoms with E-state index in [0.717, 1.165) is 16.8 Å². The fourth-order valence-corrected chi connectivity index (χ4v) is 2.66. The maximum Gasteiger partial charge on any atom is 0.145 e. The molecule has 22 heavy (non-hydrogen) atoms. The molecule has 3 nitrogen and oxygen atoms in total. The Kier molecular flexibility index (Phi) is 4.71. The molecular formula is C17H16ClFN2O. The van der Waals surface area contributed by atoms with Crippen LogP contribution in [0.5, 0.6) is 0 Å². The summed E-state index contributed by atoms with van der Waals surface area (Å²) in [5, 5.41) is 8.06. The lowest BCUT2D eigenvalue weighted by Crippen LogP contribution is -2.26. The summed E-state index contributed by atoms with van der Waals surface area (Å²) in [6.07, 6.45) is 0.680. The number of nitrogens with zero attached hydrogens (tertiary/aromatic N) is 1. The van der Waals surface area contributed by atoms with Crippen molar-refractivity contribution in [2.75, 3.05) is 6.54 Å². The molecule has 3 rings (SSSR count). The van der Waals surface area contributed by atoms with E-state index in [2.05, 4.69) is 10.5 Å². The van der Waals surface area contributed by atoms with E-state index >= 15 is 0 Å². The molecule has 114 valence electrons. The Bertz CT molecular complexity index is 690. The fraction of sp³-hybridized carbons (Fsp3) is 0.235. The molecule has 0 aromatic heterocycles. The van der Waals surface area contributed by atoms with Gasteiger partial charge in [0.15, 0.2) is 0 Å². The van der Waals surface area contributed by atoms with Crippen LogP contribution in [-0.2, 0) is 11.4 Å². The number of rotatable bonds is 5. The molecule has 2 aromatic carbocycles. The summed E-state index contributed by atoms with van der Waals surface area (Å²) in [6, 6.07) is 14.2. The van der Waals surface area contributed by atoms with Crippen LogP contribution in [0.3, 0.4) is 0 Å². The molecule has 1 unspecified atom stereocenters. The Balaban J connectivity index is 1.50. The number of hydrogen-bond acceptors (Lipinski definition) is 3. The average molecular weight is 319 g/mol. The van der Waals surface area contributed by atoms with E-state index in [4.69, 9.17) is 16.4 Å². The Labute approximate surface area is 133 Å². The molecular weight excluding hydrogens is 303 g/mol. The van der Waals surface area contributed by atoms with Crippen LogP contribution in [0.25, 0.3) is 0 Å². The Morgan fingerprint density at radius 2 is 2.09 bits per heavy atom. The van der Waals surface area contributed by atoms with E-state index in [1.54, 1.807) is 6.07 Å². The summed E-state index contributed by atoms with van der Waals surface area (Å²) >= 11 is 6.16. The summed E-state index contributed by atoms with van der Waals surface area (Å²) in [5.41, 5.74) is 2.69. The van der Waals surface area contributed by atoms with Crippen molar-refractivity contribution in [2.24, 2.45) is 5.16 Å². The molecule has 5 heteroatoms. The Morgan fingerprint density at radius 1 is 1.23 bits per heavy atom. The topological polar surface area (TPSA) is 33.6 Å². The van der Waals surface area contributed by atoms with Gasteiger partial charge in [-0.3, -0.25) is 0 Å². The highest BCUT2D eigenvalue weighted by Gasteiger charge is 2.23. The minimum atomic E-state index is -0.222. The highest BCUT2D eigenvalue weighted by Crippen LogP contribution is 2.22. The third kappa shape index (κ3) is 3.64. The maximum absolute atomic E-state index is 13.1. The molecule has 0 saturated carbocycles. The minimum Gasteiger partial charge on any atom is -0.390 e. The third-order valence-electron chi connectivity index (χ3n) is 3.51. The van der Waals surface area contributed by atoms with Gasteiger partial charge < -0.3 is 10.2 Å². The smallest absolute Gasteiger partial charge is 0.145 e. The van der Waals surface area contributed by atoms with Crippen LogP contribution >= 0.6 is 11.6 Å². The molecule has 1 N–H and O–H groups in total. The number of halogens is 2. The second-order valence-corrected chi connectivity index (χ2v) is 5.62. The van der Waals surface area contributed by atoms with Crippen molar-refractivity contribution >= 4 is 17.3 Å². The normalized spacial score (nSPS) is 17.2. The molecule has 0 bridgehead atoms.